The van der Waals surface area contributed by atoms with Gasteiger partial charge in [-0.3, -0.25) is 15.5 Å². The van der Waals surface area contributed by atoms with Gasteiger partial charge in [-0.1, -0.05) is 32.1 Å². The lowest BCUT2D eigenvalue weighted by atomic mass is 9.92. The van der Waals surface area contributed by atoms with Crippen molar-refractivity contribution in [2.75, 3.05) is 0 Å². The van der Waals surface area contributed by atoms with E-state index in [-0.39, 0.29) is 11.9 Å². The summed E-state index contributed by atoms with van der Waals surface area (Å²) in [6.45, 7) is 0. The molecule has 1 saturated heterocycles. The topological polar surface area (TPSA) is 62.2 Å². The zero-order valence-electron chi connectivity index (χ0n) is 9.42. The molecule has 2 unspecified atom stereocenters. The van der Waals surface area contributed by atoms with Crippen LogP contribution in [-0.4, -0.2) is 17.5 Å². The molecule has 0 bridgehead atoms. The van der Waals surface area contributed by atoms with E-state index in [1.165, 1.54) is 32.1 Å². The van der Waals surface area contributed by atoms with Gasteiger partial charge in [-0.05, 0) is 24.7 Å². The summed E-state index contributed by atoms with van der Waals surface area (Å²) in [6, 6.07) is -0.0542. The molecular formula is C12H18N2O2. The molecule has 0 aromatic rings. The molecule has 1 heterocycles. The van der Waals surface area contributed by atoms with Crippen molar-refractivity contribution in [1.82, 2.24) is 5.32 Å². The fraction of sp³-hybridized carbons (Fsp3) is 0.833. The lowest BCUT2D eigenvalue weighted by Crippen LogP contribution is -2.36. The Morgan fingerprint density at radius 3 is 2.31 bits per heavy atom. The lowest BCUT2D eigenvalue weighted by Gasteiger charge is -2.19. The first-order valence-electron chi connectivity index (χ1n) is 6.29. The van der Waals surface area contributed by atoms with Crippen molar-refractivity contribution in [3.8, 4) is 0 Å². The van der Waals surface area contributed by atoms with Gasteiger partial charge in [0, 0.05) is 0 Å². The Morgan fingerprint density at radius 1 is 1.19 bits per heavy atom. The summed E-state index contributed by atoms with van der Waals surface area (Å²) in [5.41, 5.74) is -0.677. The Bertz CT molecular complexity index is 326. The van der Waals surface area contributed by atoms with Crippen LogP contribution in [0.4, 0.5) is 0 Å². The number of amidine groups is 1. The molecule has 0 aromatic carbocycles. The molecule has 0 radical (unpaired) electrons. The third-order valence-electron chi connectivity index (χ3n) is 4.44. The maximum absolute atomic E-state index is 11.9. The van der Waals surface area contributed by atoms with Gasteiger partial charge in [0.25, 0.3) is 11.9 Å². The molecule has 1 spiro atoms. The quantitative estimate of drug-likeness (QED) is 0.656. The number of carbonyl (C=O) groups is 1. The zero-order chi connectivity index (χ0) is 11.2. The predicted molar refractivity (Wildman–Crippen MR) is 59.0 cm³/mol. The number of hydrogen-bond acceptors (Lipinski definition) is 3. The standard InChI is InChI=1S/C12H18N2O2/c13-11-14-10(15)12(16-11)6-8-4-2-1-3-5-9(8)7-12/h8-9H,1-7H2,(H2,13,14,15). The van der Waals surface area contributed by atoms with Crippen LogP contribution in [0.25, 0.3) is 0 Å². The minimum absolute atomic E-state index is 0.0542. The Morgan fingerprint density at radius 2 is 1.81 bits per heavy atom. The number of amides is 1. The van der Waals surface area contributed by atoms with Gasteiger partial charge in [0.2, 0.25) is 0 Å². The van der Waals surface area contributed by atoms with E-state index in [0.717, 1.165) is 12.8 Å². The van der Waals surface area contributed by atoms with E-state index in [1.54, 1.807) is 0 Å². The van der Waals surface area contributed by atoms with Gasteiger partial charge in [-0.25, -0.2) is 0 Å². The van der Waals surface area contributed by atoms with E-state index in [0.29, 0.717) is 11.8 Å². The number of carbonyl (C=O) groups excluding carboxylic acids is 1. The molecule has 3 aliphatic rings. The second-order valence-electron chi connectivity index (χ2n) is 5.45. The van der Waals surface area contributed by atoms with E-state index in [9.17, 15) is 4.79 Å². The molecular weight excluding hydrogens is 204 g/mol. The Labute approximate surface area is 95.2 Å². The summed E-state index contributed by atoms with van der Waals surface area (Å²) in [5.74, 6) is 1.20. The average molecular weight is 222 g/mol. The Kier molecular flexibility index (Phi) is 2.19. The number of ether oxygens (including phenoxy) is 1. The zero-order valence-corrected chi connectivity index (χ0v) is 9.42. The van der Waals surface area contributed by atoms with Gasteiger partial charge in [0.1, 0.15) is 0 Å². The van der Waals surface area contributed by atoms with E-state index >= 15 is 0 Å². The van der Waals surface area contributed by atoms with E-state index in [2.05, 4.69) is 5.32 Å². The number of fused-ring (bicyclic) bond motifs is 1. The van der Waals surface area contributed by atoms with Crippen LogP contribution in [0.2, 0.25) is 0 Å². The second-order valence-corrected chi connectivity index (χ2v) is 5.45. The monoisotopic (exact) mass is 222 g/mol. The largest absolute Gasteiger partial charge is 0.448 e. The van der Waals surface area contributed by atoms with Crippen LogP contribution in [0.15, 0.2) is 0 Å². The molecule has 4 nitrogen and oxygen atoms in total. The summed E-state index contributed by atoms with van der Waals surface area (Å²) in [4.78, 5) is 11.9. The first-order valence-corrected chi connectivity index (χ1v) is 6.29. The summed E-state index contributed by atoms with van der Waals surface area (Å²) in [7, 11) is 0. The highest BCUT2D eigenvalue weighted by Gasteiger charge is 2.55. The first-order chi connectivity index (χ1) is 7.70. The number of nitrogens with one attached hydrogen (secondary N) is 2. The average Bonchev–Trinajstić information content (AvgIpc) is 2.60. The van der Waals surface area contributed by atoms with Gasteiger partial charge >= 0.3 is 0 Å². The molecule has 2 aliphatic carbocycles. The summed E-state index contributed by atoms with van der Waals surface area (Å²) >= 11 is 0. The third kappa shape index (κ3) is 1.43. The lowest BCUT2D eigenvalue weighted by molar-refractivity contribution is -0.131. The van der Waals surface area contributed by atoms with Crippen LogP contribution in [0.1, 0.15) is 44.9 Å². The van der Waals surface area contributed by atoms with Gasteiger partial charge < -0.3 is 4.74 Å². The minimum atomic E-state index is -0.677. The maximum atomic E-state index is 11.9. The van der Waals surface area contributed by atoms with Crippen molar-refractivity contribution in [3.05, 3.63) is 0 Å². The summed E-state index contributed by atoms with van der Waals surface area (Å²) < 4.78 is 5.48. The fourth-order valence-electron chi connectivity index (χ4n) is 3.68. The molecule has 3 fully saturated rings. The van der Waals surface area contributed by atoms with Crippen molar-refractivity contribution in [2.45, 2.75) is 50.5 Å². The van der Waals surface area contributed by atoms with Crippen LogP contribution in [-0.2, 0) is 9.53 Å². The van der Waals surface area contributed by atoms with Crippen molar-refractivity contribution in [1.29, 1.82) is 5.41 Å². The van der Waals surface area contributed by atoms with Gasteiger partial charge in [0.15, 0.2) is 5.60 Å². The van der Waals surface area contributed by atoms with Crippen LogP contribution in [0, 0.1) is 17.2 Å². The smallest absolute Gasteiger partial charge is 0.289 e. The highest BCUT2D eigenvalue weighted by atomic mass is 16.5. The third-order valence-corrected chi connectivity index (χ3v) is 4.44. The molecule has 16 heavy (non-hydrogen) atoms. The fourth-order valence-corrected chi connectivity index (χ4v) is 3.68. The normalized spacial score (nSPS) is 42.8. The maximum Gasteiger partial charge on any atom is 0.289 e. The Balaban J connectivity index is 1.81. The van der Waals surface area contributed by atoms with Crippen molar-refractivity contribution >= 4 is 11.9 Å². The molecule has 2 saturated carbocycles. The second kappa shape index (κ2) is 3.47. The van der Waals surface area contributed by atoms with Gasteiger partial charge in [-0.2, -0.15) is 0 Å². The highest BCUT2D eigenvalue weighted by molar-refractivity contribution is 6.03. The minimum Gasteiger partial charge on any atom is -0.448 e. The van der Waals surface area contributed by atoms with Crippen LogP contribution >= 0.6 is 0 Å². The number of rotatable bonds is 0. The van der Waals surface area contributed by atoms with Crippen LogP contribution < -0.4 is 5.32 Å². The molecule has 0 aromatic heterocycles. The predicted octanol–water partition coefficient (Wildman–Crippen LogP) is 1.80. The van der Waals surface area contributed by atoms with Crippen LogP contribution in [0.5, 0.6) is 0 Å². The Hall–Kier alpha value is -1.06. The SMILES string of the molecule is N=C1NC(=O)C2(CC3CCCCCC3C2)O1. The molecule has 2 N–H and O–H groups in total. The van der Waals surface area contributed by atoms with Gasteiger partial charge in [-0.15, -0.1) is 0 Å². The molecule has 1 amide bonds. The van der Waals surface area contributed by atoms with E-state index in [4.69, 9.17) is 10.1 Å². The van der Waals surface area contributed by atoms with E-state index < -0.39 is 5.60 Å². The van der Waals surface area contributed by atoms with Crippen LogP contribution in [0.3, 0.4) is 0 Å². The van der Waals surface area contributed by atoms with E-state index in [1.807, 2.05) is 0 Å². The molecule has 88 valence electrons. The molecule has 4 heteroatoms. The van der Waals surface area contributed by atoms with Crippen molar-refractivity contribution in [3.63, 3.8) is 0 Å². The highest BCUT2D eigenvalue weighted by Crippen LogP contribution is 2.49. The summed E-state index contributed by atoms with van der Waals surface area (Å²) in [6.07, 6.45) is 8.03. The summed E-state index contributed by atoms with van der Waals surface area (Å²) in [5, 5.41) is 9.92. The first kappa shape index (κ1) is 10.1. The van der Waals surface area contributed by atoms with Gasteiger partial charge in [0.05, 0.1) is 0 Å². The molecule has 3 rings (SSSR count). The molecule has 2 atom stereocenters. The number of hydrogen-bond donors (Lipinski definition) is 2. The molecule has 1 aliphatic heterocycles. The van der Waals surface area contributed by atoms with Crippen molar-refractivity contribution in [2.24, 2.45) is 11.8 Å². The van der Waals surface area contributed by atoms with Crippen molar-refractivity contribution < 1.29 is 9.53 Å².